The van der Waals surface area contributed by atoms with Gasteiger partial charge in [-0.2, -0.15) is 0 Å². The zero-order chi connectivity index (χ0) is 14.7. The van der Waals surface area contributed by atoms with Crippen molar-refractivity contribution in [3.05, 3.63) is 68.1 Å². The summed E-state index contributed by atoms with van der Waals surface area (Å²) in [5.41, 5.74) is 1.57. The molecule has 2 aromatic rings. The molecule has 2 rings (SSSR count). The second-order valence-electron chi connectivity index (χ2n) is 4.39. The van der Waals surface area contributed by atoms with Crippen LogP contribution in [0.1, 0.15) is 15.9 Å². The van der Waals surface area contributed by atoms with E-state index in [4.69, 9.17) is 23.2 Å². The molecule has 0 atom stereocenters. The van der Waals surface area contributed by atoms with E-state index in [-0.39, 0.29) is 5.91 Å². The molecule has 0 N–H and O–H groups in total. The molecule has 0 unspecified atom stereocenters. The van der Waals surface area contributed by atoms with Crippen LogP contribution in [-0.4, -0.2) is 17.9 Å². The molecule has 2 aromatic carbocycles. The molecule has 0 fully saturated rings. The summed E-state index contributed by atoms with van der Waals surface area (Å²) in [6.45, 7) is 0.469. The van der Waals surface area contributed by atoms with E-state index >= 15 is 0 Å². The summed E-state index contributed by atoms with van der Waals surface area (Å²) in [5.74, 6) is -0.0523. The molecule has 0 spiro atoms. The smallest absolute Gasteiger partial charge is 0.255 e. The van der Waals surface area contributed by atoms with Crippen LogP contribution in [0.5, 0.6) is 0 Å². The van der Waals surface area contributed by atoms with Crippen LogP contribution >= 0.6 is 39.1 Å². The van der Waals surface area contributed by atoms with Crippen LogP contribution in [0.15, 0.2) is 46.9 Å². The standard InChI is InChI=1S/C15H12BrCl2NO/c1-19(9-10-6-7-13(17)14(18)8-10)15(20)11-4-2-3-5-12(11)16/h2-8H,9H2,1H3. The predicted molar refractivity (Wildman–Crippen MR) is 86.4 cm³/mol. The lowest BCUT2D eigenvalue weighted by atomic mass is 10.1. The first-order valence-electron chi connectivity index (χ1n) is 5.93. The lowest BCUT2D eigenvalue weighted by molar-refractivity contribution is 0.0784. The number of benzene rings is 2. The zero-order valence-corrected chi connectivity index (χ0v) is 13.8. The van der Waals surface area contributed by atoms with Gasteiger partial charge in [0.15, 0.2) is 0 Å². The van der Waals surface area contributed by atoms with Crippen LogP contribution < -0.4 is 0 Å². The lowest BCUT2D eigenvalue weighted by Gasteiger charge is -2.18. The minimum atomic E-state index is -0.0523. The van der Waals surface area contributed by atoms with Gasteiger partial charge in [-0.3, -0.25) is 4.79 Å². The third kappa shape index (κ3) is 3.54. The molecule has 20 heavy (non-hydrogen) atoms. The van der Waals surface area contributed by atoms with Gasteiger partial charge in [-0.25, -0.2) is 0 Å². The summed E-state index contributed by atoms with van der Waals surface area (Å²) in [7, 11) is 1.75. The molecule has 0 radical (unpaired) electrons. The highest BCUT2D eigenvalue weighted by atomic mass is 79.9. The first-order valence-corrected chi connectivity index (χ1v) is 7.48. The van der Waals surface area contributed by atoms with Crippen molar-refractivity contribution in [3.63, 3.8) is 0 Å². The number of hydrogen-bond acceptors (Lipinski definition) is 1. The summed E-state index contributed by atoms with van der Waals surface area (Å²) in [4.78, 5) is 14.0. The van der Waals surface area contributed by atoms with Gasteiger partial charge in [-0.15, -0.1) is 0 Å². The van der Waals surface area contributed by atoms with Crippen molar-refractivity contribution < 1.29 is 4.79 Å². The Kier molecular flexibility index (Phi) is 5.08. The fourth-order valence-corrected chi connectivity index (χ4v) is 2.60. The van der Waals surface area contributed by atoms with Crippen molar-refractivity contribution in [1.29, 1.82) is 0 Å². The molecule has 0 bridgehead atoms. The van der Waals surface area contributed by atoms with Gasteiger partial charge in [0.2, 0.25) is 0 Å². The maximum Gasteiger partial charge on any atom is 0.255 e. The minimum Gasteiger partial charge on any atom is -0.337 e. The molecular formula is C15H12BrCl2NO. The number of hydrogen-bond donors (Lipinski definition) is 0. The van der Waals surface area contributed by atoms with Gasteiger partial charge in [0, 0.05) is 18.1 Å². The van der Waals surface area contributed by atoms with E-state index in [9.17, 15) is 4.79 Å². The van der Waals surface area contributed by atoms with E-state index in [2.05, 4.69) is 15.9 Å². The van der Waals surface area contributed by atoms with Crippen molar-refractivity contribution in [2.75, 3.05) is 7.05 Å². The second-order valence-corrected chi connectivity index (χ2v) is 6.06. The van der Waals surface area contributed by atoms with Crippen LogP contribution in [0, 0.1) is 0 Å². The molecule has 0 aromatic heterocycles. The third-order valence-electron chi connectivity index (χ3n) is 2.85. The van der Waals surface area contributed by atoms with E-state index in [1.165, 1.54) is 0 Å². The van der Waals surface area contributed by atoms with Crippen molar-refractivity contribution in [2.45, 2.75) is 6.54 Å². The quantitative estimate of drug-likeness (QED) is 0.739. The number of amides is 1. The number of halogens is 3. The second kappa shape index (κ2) is 6.61. The first-order chi connectivity index (χ1) is 9.49. The van der Waals surface area contributed by atoms with Crippen LogP contribution in [0.25, 0.3) is 0 Å². The van der Waals surface area contributed by atoms with E-state index in [1.807, 2.05) is 24.3 Å². The van der Waals surface area contributed by atoms with Gasteiger partial charge < -0.3 is 4.90 Å². The molecule has 2 nitrogen and oxygen atoms in total. The normalized spacial score (nSPS) is 10.4. The average Bonchev–Trinajstić information content (AvgIpc) is 2.42. The van der Waals surface area contributed by atoms with Crippen molar-refractivity contribution >= 4 is 45.0 Å². The Hall–Kier alpha value is -1.03. The number of carbonyl (C=O) groups is 1. The molecule has 0 aliphatic carbocycles. The molecule has 0 aliphatic rings. The summed E-state index contributed by atoms with van der Waals surface area (Å²) < 4.78 is 0.783. The molecular weight excluding hydrogens is 361 g/mol. The van der Waals surface area contributed by atoms with E-state index in [0.717, 1.165) is 10.0 Å². The summed E-state index contributed by atoms with van der Waals surface area (Å²) in [6, 6.07) is 12.7. The zero-order valence-electron chi connectivity index (χ0n) is 10.7. The summed E-state index contributed by atoms with van der Waals surface area (Å²) in [5, 5.41) is 1.00. The van der Waals surface area contributed by atoms with Crippen LogP contribution in [-0.2, 0) is 6.54 Å². The maximum atomic E-state index is 12.4. The van der Waals surface area contributed by atoms with Gasteiger partial charge in [0.05, 0.1) is 15.6 Å². The fourth-order valence-electron chi connectivity index (χ4n) is 1.82. The Morgan fingerprint density at radius 3 is 2.50 bits per heavy atom. The van der Waals surface area contributed by atoms with Crippen molar-refractivity contribution in [1.82, 2.24) is 4.90 Å². The lowest BCUT2D eigenvalue weighted by Crippen LogP contribution is -2.26. The maximum absolute atomic E-state index is 12.4. The van der Waals surface area contributed by atoms with Crippen LogP contribution in [0.3, 0.4) is 0 Å². The third-order valence-corrected chi connectivity index (χ3v) is 4.29. The molecule has 0 saturated heterocycles. The van der Waals surface area contributed by atoms with Gasteiger partial charge in [-0.05, 0) is 45.8 Å². The van der Waals surface area contributed by atoms with Gasteiger partial charge in [0.1, 0.15) is 0 Å². The van der Waals surface area contributed by atoms with Crippen molar-refractivity contribution in [3.8, 4) is 0 Å². The SMILES string of the molecule is CN(Cc1ccc(Cl)c(Cl)c1)C(=O)c1ccccc1Br. The van der Waals surface area contributed by atoms with Gasteiger partial charge in [-0.1, -0.05) is 41.4 Å². The number of nitrogens with zero attached hydrogens (tertiary/aromatic N) is 1. The Labute approximate surface area is 136 Å². The fraction of sp³-hybridized carbons (Fsp3) is 0.133. The monoisotopic (exact) mass is 371 g/mol. The Morgan fingerprint density at radius 2 is 1.85 bits per heavy atom. The van der Waals surface area contributed by atoms with E-state index < -0.39 is 0 Å². The average molecular weight is 373 g/mol. The van der Waals surface area contributed by atoms with Crippen LogP contribution in [0.4, 0.5) is 0 Å². The molecule has 104 valence electrons. The Balaban J connectivity index is 2.15. The highest BCUT2D eigenvalue weighted by molar-refractivity contribution is 9.10. The summed E-state index contributed by atoms with van der Waals surface area (Å²) in [6.07, 6.45) is 0. The number of carbonyl (C=O) groups excluding carboxylic acids is 1. The Morgan fingerprint density at radius 1 is 1.15 bits per heavy atom. The molecule has 0 saturated carbocycles. The largest absolute Gasteiger partial charge is 0.337 e. The van der Waals surface area contributed by atoms with Gasteiger partial charge >= 0.3 is 0 Å². The minimum absolute atomic E-state index is 0.0523. The summed E-state index contributed by atoms with van der Waals surface area (Å²) >= 11 is 15.2. The number of rotatable bonds is 3. The molecule has 0 aliphatic heterocycles. The predicted octanol–water partition coefficient (Wildman–Crippen LogP) is 5.03. The van der Waals surface area contributed by atoms with Gasteiger partial charge in [0.25, 0.3) is 5.91 Å². The highest BCUT2D eigenvalue weighted by Gasteiger charge is 2.14. The molecule has 5 heteroatoms. The molecule has 1 amide bonds. The topological polar surface area (TPSA) is 20.3 Å². The highest BCUT2D eigenvalue weighted by Crippen LogP contribution is 2.24. The van der Waals surface area contributed by atoms with Crippen molar-refractivity contribution in [2.24, 2.45) is 0 Å². The van der Waals surface area contributed by atoms with E-state index in [1.54, 1.807) is 30.1 Å². The molecule has 0 heterocycles. The van der Waals surface area contributed by atoms with Crippen LogP contribution in [0.2, 0.25) is 10.0 Å². The Bertz CT molecular complexity index is 646. The first kappa shape index (κ1) is 15.4. The van der Waals surface area contributed by atoms with E-state index in [0.29, 0.717) is 22.2 Å².